The molecule has 1 aromatic rings. The fourth-order valence-corrected chi connectivity index (χ4v) is 0.567. The number of carbonyl (C=O) groups is 2. The van der Waals surface area contributed by atoms with E-state index in [9.17, 15) is 9.59 Å². The molecule has 0 unspecified atom stereocenters. The first-order valence-electron chi connectivity index (χ1n) is 4.37. The minimum atomic E-state index is -0.924. The molecule has 84 valence electrons. The summed E-state index contributed by atoms with van der Waals surface area (Å²) in [6.07, 6.45) is 0.660. The van der Waals surface area contributed by atoms with E-state index in [4.69, 9.17) is 10.2 Å². The number of hydrogen-bond acceptors (Lipinski definition) is 3. The van der Waals surface area contributed by atoms with E-state index in [1.165, 1.54) is 0 Å². The van der Waals surface area contributed by atoms with Gasteiger partial charge in [-0.1, -0.05) is 36.4 Å². The van der Waals surface area contributed by atoms with Crippen LogP contribution in [-0.2, 0) is 9.59 Å². The van der Waals surface area contributed by atoms with Gasteiger partial charge < -0.3 is 15.0 Å². The second-order valence-electron chi connectivity index (χ2n) is 2.25. The summed E-state index contributed by atoms with van der Waals surface area (Å²) in [5.41, 5.74) is 0. The number of carboxylic acid groups (broad SMARTS) is 1. The summed E-state index contributed by atoms with van der Waals surface area (Å²) in [4.78, 5) is 19.0. The van der Waals surface area contributed by atoms with Gasteiger partial charge in [-0.15, -0.1) is 0 Å². The van der Waals surface area contributed by atoms with E-state index in [2.05, 4.69) is 0 Å². The lowest BCUT2D eigenvalue weighted by atomic mass is 10.3. The third-order valence-corrected chi connectivity index (χ3v) is 1.14. The third-order valence-electron chi connectivity index (χ3n) is 1.14. The van der Waals surface area contributed by atoms with Crippen LogP contribution in [-0.4, -0.2) is 29.6 Å². The van der Waals surface area contributed by atoms with E-state index >= 15 is 0 Å². The average Bonchev–Trinajstić information content (AvgIpc) is 2.32. The van der Waals surface area contributed by atoms with E-state index in [0.29, 0.717) is 6.29 Å². The fourth-order valence-electron chi connectivity index (χ4n) is 0.567. The molecule has 0 atom stereocenters. The Morgan fingerprint density at radius 3 is 1.53 bits per heavy atom. The van der Waals surface area contributed by atoms with Crippen molar-refractivity contribution >= 4 is 12.3 Å². The number of carbonyl (C=O) groups excluding carboxylic acids is 1. The number of hydrogen-bond donors (Lipinski definition) is 2. The quantitative estimate of drug-likeness (QED) is 0.741. The normalized spacial score (nSPS) is 7.33. The molecule has 0 fully saturated rings. The van der Waals surface area contributed by atoms with Crippen LogP contribution < -0.4 is 0 Å². The number of benzene rings is 1. The summed E-state index contributed by atoms with van der Waals surface area (Å²) in [6, 6.07) is 12.0. The molecule has 0 aromatic heterocycles. The van der Waals surface area contributed by atoms with Gasteiger partial charge in [0.1, 0.15) is 6.29 Å². The Balaban J connectivity index is 0. The molecule has 4 heteroatoms. The first kappa shape index (κ1) is 15.8. The standard InChI is InChI=1S/C6H6.C4H6O3.CH4O/c1-2-4-6-5-3-1;5-3-1-2-4(6)7;1-2/h1-6H;3H,1-2H2,(H,6,7);2H,1H3. The highest BCUT2D eigenvalue weighted by atomic mass is 16.4. The maximum absolute atomic E-state index is 9.60. The fraction of sp³-hybridized carbons (Fsp3) is 0.273. The summed E-state index contributed by atoms with van der Waals surface area (Å²) in [7, 11) is 1.00. The summed E-state index contributed by atoms with van der Waals surface area (Å²) < 4.78 is 0. The first-order chi connectivity index (χ1) is 7.27. The molecule has 0 aliphatic carbocycles. The molecule has 15 heavy (non-hydrogen) atoms. The van der Waals surface area contributed by atoms with Gasteiger partial charge >= 0.3 is 5.97 Å². The van der Waals surface area contributed by atoms with E-state index in [1.807, 2.05) is 36.4 Å². The van der Waals surface area contributed by atoms with Crippen LogP contribution in [0.1, 0.15) is 12.8 Å². The Hall–Kier alpha value is -1.68. The van der Waals surface area contributed by atoms with Gasteiger partial charge in [-0.05, 0) is 0 Å². The predicted molar refractivity (Wildman–Crippen MR) is 57.5 cm³/mol. The second-order valence-corrected chi connectivity index (χ2v) is 2.25. The van der Waals surface area contributed by atoms with Crippen LogP contribution in [0.2, 0.25) is 0 Å². The highest BCUT2D eigenvalue weighted by Gasteiger charge is 1.91. The molecule has 4 nitrogen and oxygen atoms in total. The monoisotopic (exact) mass is 212 g/mol. The molecule has 0 amide bonds. The molecule has 0 saturated heterocycles. The van der Waals surface area contributed by atoms with Crippen molar-refractivity contribution in [2.45, 2.75) is 12.8 Å². The lowest BCUT2D eigenvalue weighted by Gasteiger charge is -1.79. The molecule has 1 aromatic carbocycles. The Morgan fingerprint density at radius 1 is 1.07 bits per heavy atom. The number of aldehydes is 1. The van der Waals surface area contributed by atoms with Crippen molar-refractivity contribution in [2.75, 3.05) is 7.11 Å². The summed E-state index contributed by atoms with van der Waals surface area (Å²) in [5.74, 6) is -0.924. The zero-order valence-electron chi connectivity index (χ0n) is 8.67. The van der Waals surface area contributed by atoms with Gasteiger partial charge in [-0.3, -0.25) is 4.79 Å². The van der Waals surface area contributed by atoms with Crippen LogP contribution >= 0.6 is 0 Å². The smallest absolute Gasteiger partial charge is 0.303 e. The molecule has 0 radical (unpaired) electrons. The molecule has 0 aliphatic heterocycles. The van der Waals surface area contributed by atoms with Gasteiger partial charge in [-0.25, -0.2) is 0 Å². The molecule has 2 N–H and O–H groups in total. The number of rotatable bonds is 3. The lowest BCUT2D eigenvalue weighted by Crippen LogP contribution is -1.93. The van der Waals surface area contributed by atoms with Crippen molar-refractivity contribution in [1.82, 2.24) is 0 Å². The summed E-state index contributed by atoms with van der Waals surface area (Å²) in [5, 5.41) is 14.9. The van der Waals surface area contributed by atoms with Crippen molar-refractivity contribution in [3.63, 3.8) is 0 Å². The highest BCUT2D eigenvalue weighted by molar-refractivity contribution is 5.70. The number of aliphatic hydroxyl groups excluding tert-OH is 1. The summed E-state index contributed by atoms with van der Waals surface area (Å²) in [6.45, 7) is 0. The van der Waals surface area contributed by atoms with Crippen LogP contribution in [0.15, 0.2) is 36.4 Å². The number of aliphatic carboxylic acids is 1. The zero-order valence-corrected chi connectivity index (χ0v) is 8.67. The van der Waals surface area contributed by atoms with Gasteiger partial charge in [0.25, 0.3) is 0 Å². The van der Waals surface area contributed by atoms with Crippen molar-refractivity contribution < 1.29 is 19.8 Å². The van der Waals surface area contributed by atoms with Gasteiger partial charge in [-0.2, -0.15) is 0 Å². The van der Waals surface area contributed by atoms with Gasteiger partial charge in [0.15, 0.2) is 0 Å². The van der Waals surface area contributed by atoms with Crippen LogP contribution in [0.25, 0.3) is 0 Å². The van der Waals surface area contributed by atoms with Crippen molar-refractivity contribution in [3.8, 4) is 0 Å². The minimum Gasteiger partial charge on any atom is -0.481 e. The summed E-state index contributed by atoms with van der Waals surface area (Å²) >= 11 is 0. The maximum atomic E-state index is 9.60. The minimum absolute atomic E-state index is 0.0521. The van der Waals surface area contributed by atoms with E-state index in [0.717, 1.165) is 7.11 Å². The van der Waals surface area contributed by atoms with Crippen LogP contribution in [0, 0.1) is 0 Å². The largest absolute Gasteiger partial charge is 0.481 e. The van der Waals surface area contributed by atoms with Gasteiger partial charge in [0, 0.05) is 13.5 Å². The molecule has 0 saturated carbocycles. The average molecular weight is 212 g/mol. The Labute approximate surface area is 89.2 Å². The Bertz CT molecular complexity index is 207. The Morgan fingerprint density at radius 2 is 1.40 bits per heavy atom. The molecular formula is C11H16O4. The first-order valence-corrected chi connectivity index (χ1v) is 4.37. The van der Waals surface area contributed by atoms with Crippen LogP contribution in [0.4, 0.5) is 0 Å². The third kappa shape index (κ3) is 19.0. The number of carboxylic acids is 1. The zero-order chi connectivity index (χ0) is 11.9. The van der Waals surface area contributed by atoms with Crippen LogP contribution in [0.5, 0.6) is 0 Å². The van der Waals surface area contributed by atoms with Crippen LogP contribution in [0.3, 0.4) is 0 Å². The maximum Gasteiger partial charge on any atom is 0.303 e. The Kier molecular flexibility index (Phi) is 15.6. The topological polar surface area (TPSA) is 74.6 Å². The molecule has 0 bridgehead atoms. The second kappa shape index (κ2) is 14.8. The highest BCUT2D eigenvalue weighted by Crippen LogP contribution is 1.80. The van der Waals surface area contributed by atoms with Crippen molar-refractivity contribution in [3.05, 3.63) is 36.4 Å². The molecule has 0 heterocycles. The number of aliphatic hydroxyl groups is 1. The SMILES string of the molecule is CO.O=CCCC(=O)O.c1ccccc1. The van der Waals surface area contributed by atoms with Crippen molar-refractivity contribution in [1.29, 1.82) is 0 Å². The molecule has 1 rings (SSSR count). The molecule has 0 aliphatic rings. The molecular weight excluding hydrogens is 196 g/mol. The lowest BCUT2D eigenvalue weighted by molar-refractivity contribution is -0.137. The van der Waals surface area contributed by atoms with Gasteiger partial charge in [0.2, 0.25) is 0 Å². The van der Waals surface area contributed by atoms with Crippen molar-refractivity contribution in [2.24, 2.45) is 0 Å². The van der Waals surface area contributed by atoms with Gasteiger partial charge in [0.05, 0.1) is 6.42 Å². The van der Waals surface area contributed by atoms with E-state index < -0.39 is 5.97 Å². The van der Waals surface area contributed by atoms with E-state index in [-0.39, 0.29) is 12.8 Å². The molecule has 0 spiro atoms. The van der Waals surface area contributed by atoms with E-state index in [1.54, 1.807) is 0 Å². The predicted octanol–water partition coefficient (Wildman–Crippen LogP) is 1.35.